The molecule has 4 aromatic rings. The maximum Gasteiger partial charge on any atom is 0.332 e. The van der Waals surface area contributed by atoms with Gasteiger partial charge < -0.3 is 29.8 Å². The van der Waals surface area contributed by atoms with E-state index in [1.54, 1.807) is 10.7 Å². The lowest BCUT2D eigenvalue weighted by atomic mass is 9.87. The van der Waals surface area contributed by atoms with Gasteiger partial charge in [-0.25, -0.2) is 9.78 Å². The molecular weight excluding hydrogens is 526 g/mol. The second-order valence-electron chi connectivity index (χ2n) is 11.1. The summed E-state index contributed by atoms with van der Waals surface area (Å²) in [5.74, 6) is 0.249. The minimum atomic E-state index is -1.03. The number of nitrogens with one attached hydrogen (secondary N) is 2. The molecule has 4 atom stereocenters. The quantitative estimate of drug-likeness (QED) is 0.322. The maximum atomic E-state index is 13.0. The first-order valence-electron chi connectivity index (χ1n) is 13.8. The van der Waals surface area contributed by atoms with E-state index in [4.69, 9.17) is 19.6 Å². The summed E-state index contributed by atoms with van der Waals surface area (Å²) < 4.78 is 13.3. The number of pyridine rings is 2. The van der Waals surface area contributed by atoms with Gasteiger partial charge in [-0.15, -0.1) is 0 Å². The number of ether oxygens (including phenoxy) is 2. The fourth-order valence-corrected chi connectivity index (χ4v) is 6.37. The Hall–Kier alpha value is -4.47. The molecule has 0 spiro atoms. The molecule has 3 N–H and O–H groups in total. The average molecular weight is 556 g/mol. The Morgan fingerprint density at radius 3 is 2.76 bits per heavy atom. The van der Waals surface area contributed by atoms with Crippen LogP contribution in [0.5, 0.6) is 0 Å². The van der Waals surface area contributed by atoms with Crippen molar-refractivity contribution >= 4 is 45.1 Å². The summed E-state index contributed by atoms with van der Waals surface area (Å²) >= 11 is 0. The fourth-order valence-electron chi connectivity index (χ4n) is 6.37. The van der Waals surface area contributed by atoms with Crippen LogP contribution in [0.4, 0.5) is 17.3 Å². The lowest BCUT2D eigenvalue weighted by molar-refractivity contribution is -0.158. The monoisotopic (exact) mass is 555 g/mol. The Bertz CT molecular complexity index is 1740. The van der Waals surface area contributed by atoms with Crippen LogP contribution in [0.25, 0.3) is 21.8 Å². The number of rotatable bonds is 6. The lowest BCUT2D eigenvalue weighted by Gasteiger charge is -2.38. The average Bonchev–Trinajstić information content (AvgIpc) is 3.52. The summed E-state index contributed by atoms with van der Waals surface area (Å²) in [6.07, 6.45) is 4.02. The molecule has 3 fully saturated rings. The molecule has 12 heteroatoms. The number of aromatic nitrogens is 4. The van der Waals surface area contributed by atoms with E-state index in [0.717, 1.165) is 48.3 Å². The van der Waals surface area contributed by atoms with Crippen LogP contribution in [0.2, 0.25) is 0 Å². The zero-order valence-electron chi connectivity index (χ0n) is 22.2. The van der Waals surface area contributed by atoms with E-state index >= 15 is 0 Å². The third-order valence-corrected chi connectivity index (χ3v) is 8.47. The number of morpholine rings is 1. The van der Waals surface area contributed by atoms with Gasteiger partial charge in [0.1, 0.15) is 11.2 Å². The third kappa shape index (κ3) is 4.47. The number of carbonyl (C=O) groups is 1. The molecule has 41 heavy (non-hydrogen) atoms. The van der Waals surface area contributed by atoms with Crippen LogP contribution < -0.4 is 15.8 Å². The Morgan fingerprint density at radius 1 is 1.20 bits per heavy atom. The first kappa shape index (κ1) is 25.5. The van der Waals surface area contributed by atoms with E-state index in [0.29, 0.717) is 23.1 Å². The number of anilines is 3. The first-order chi connectivity index (χ1) is 19.9. The van der Waals surface area contributed by atoms with Gasteiger partial charge in [0.25, 0.3) is 5.56 Å². The number of benzene rings is 1. The molecule has 2 bridgehead atoms. The van der Waals surface area contributed by atoms with Gasteiger partial charge in [-0.05, 0) is 62.1 Å². The molecule has 3 saturated heterocycles. The van der Waals surface area contributed by atoms with Gasteiger partial charge in [0, 0.05) is 30.4 Å². The van der Waals surface area contributed by atoms with Crippen molar-refractivity contribution in [2.24, 2.45) is 0 Å². The highest BCUT2D eigenvalue weighted by molar-refractivity contribution is 5.92. The lowest BCUT2D eigenvalue weighted by Crippen LogP contribution is -2.46. The maximum absolute atomic E-state index is 13.0. The molecule has 1 aromatic carbocycles. The highest BCUT2D eigenvalue weighted by atomic mass is 16.5. The number of aromatic amines is 1. The number of hydrogen-bond donors (Lipinski definition) is 3. The third-order valence-electron chi connectivity index (χ3n) is 8.47. The van der Waals surface area contributed by atoms with E-state index in [-0.39, 0.29) is 37.2 Å². The summed E-state index contributed by atoms with van der Waals surface area (Å²) in [5, 5.41) is 28.4. The molecule has 12 nitrogen and oxygen atoms in total. The number of nitriles is 1. The van der Waals surface area contributed by atoms with E-state index in [9.17, 15) is 20.0 Å². The summed E-state index contributed by atoms with van der Waals surface area (Å²) in [5.41, 5.74) is 0.896. The number of H-pyrrole nitrogens is 1. The van der Waals surface area contributed by atoms with Crippen molar-refractivity contribution in [3.8, 4) is 6.07 Å². The van der Waals surface area contributed by atoms with Crippen LogP contribution in [0.3, 0.4) is 0 Å². The topological polar surface area (TPSA) is 158 Å². The number of carboxylic acids is 1. The molecule has 0 aliphatic carbocycles. The van der Waals surface area contributed by atoms with Crippen LogP contribution in [0.1, 0.15) is 32.1 Å². The highest BCUT2D eigenvalue weighted by Gasteiger charge is 2.42. The second kappa shape index (κ2) is 9.87. The molecule has 4 unspecified atom stereocenters. The molecule has 3 aliphatic heterocycles. The summed E-state index contributed by atoms with van der Waals surface area (Å²) in [6, 6.07) is 13.8. The van der Waals surface area contributed by atoms with Crippen LogP contribution in [0.15, 0.2) is 47.4 Å². The van der Waals surface area contributed by atoms with Crippen molar-refractivity contribution in [1.82, 2.24) is 19.7 Å². The van der Waals surface area contributed by atoms with Gasteiger partial charge in [0.15, 0.2) is 11.9 Å². The minimum Gasteiger partial charge on any atom is -0.479 e. The molecule has 6 heterocycles. The summed E-state index contributed by atoms with van der Waals surface area (Å²) in [7, 11) is 0. The minimum absolute atomic E-state index is 0.00480. The standard InChI is InChI=1S/C29H29N7O5/c30-11-10-29(9-7-23(28(38)39)40-16-29)36-22-8-12-31-27(37)25(22)26(34-36)32-18-2-5-21-17(13-18)1-6-24(33-21)35-14-19-3-4-20(15-35)41-19/h1-2,5-6,8,12-13,19-20,23H,3-4,7,9-10,14-16H2,(H,31,37)(H,32,34)(H,38,39). The normalized spacial score (nSPS) is 25.8. The van der Waals surface area contributed by atoms with Gasteiger partial charge >= 0.3 is 5.97 Å². The zero-order valence-corrected chi connectivity index (χ0v) is 22.2. The predicted molar refractivity (Wildman–Crippen MR) is 150 cm³/mol. The Balaban J connectivity index is 1.21. The first-order valence-corrected chi connectivity index (χ1v) is 13.8. The molecule has 0 saturated carbocycles. The molecule has 0 amide bonds. The largest absolute Gasteiger partial charge is 0.479 e. The van der Waals surface area contributed by atoms with Gasteiger partial charge in [-0.1, -0.05) is 0 Å². The van der Waals surface area contributed by atoms with Crippen molar-refractivity contribution in [2.75, 3.05) is 29.9 Å². The highest BCUT2D eigenvalue weighted by Crippen LogP contribution is 2.37. The molecule has 3 aromatic heterocycles. The van der Waals surface area contributed by atoms with Gasteiger partial charge in [-0.3, -0.25) is 9.48 Å². The number of aliphatic carboxylic acids is 1. The molecule has 210 valence electrons. The number of fused-ring (bicyclic) bond motifs is 4. The Morgan fingerprint density at radius 2 is 2.02 bits per heavy atom. The Kier molecular flexibility index (Phi) is 6.13. The van der Waals surface area contributed by atoms with Crippen LogP contribution >= 0.6 is 0 Å². The van der Waals surface area contributed by atoms with Crippen LogP contribution in [-0.2, 0) is 19.8 Å². The van der Waals surface area contributed by atoms with E-state index in [1.165, 1.54) is 6.20 Å². The Labute approximate surface area is 234 Å². The van der Waals surface area contributed by atoms with E-state index < -0.39 is 17.6 Å². The van der Waals surface area contributed by atoms with Crippen molar-refractivity contribution in [3.05, 3.63) is 52.9 Å². The number of nitrogens with zero attached hydrogens (tertiary/aromatic N) is 5. The van der Waals surface area contributed by atoms with E-state index in [1.807, 2.05) is 30.3 Å². The smallest absolute Gasteiger partial charge is 0.332 e. The van der Waals surface area contributed by atoms with Gasteiger partial charge in [-0.2, -0.15) is 10.4 Å². The SMILES string of the molecule is N#CCC1(n2nc(Nc3ccc4nc(N5CC6CCC(C5)O6)ccc4c3)c3c(=O)[nH]ccc32)CCC(C(=O)O)OC1. The van der Waals surface area contributed by atoms with Crippen LogP contribution in [0, 0.1) is 11.3 Å². The summed E-state index contributed by atoms with van der Waals surface area (Å²) in [6.45, 7) is 1.71. The van der Waals surface area contributed by atoms with Crippen LogP contribution in [-0.4, -0.2) is 68.8 Å². The molecule has 3 aliphatic rings. The summed E-state index contributed by atoms with van der Waals surface area (Å²) in [4.78, 5) is 34.4. The van der Waals surface area contributed by atoms with Crippen molar-refractivity contribution in [1.29, 1.82) is 5.26 Å². The van der Waals surface area contributed by atoms with E-state index in [2.05, 4.69) is 21.3 Å². The zero-order chi connectivity index (χ0) is 28.1. The van der Waals surface area contributed by atoms with Gasteiger partial charge in [0.2, 0.25) is 0 Å². The molecule has 0 radical (unpaired) electrons. The number of hydrogen-bond acceptors (Lipinski definition) is 9. The fraction of sp³-hybridized carbons (Fsp3) is 0.414. The molecule has 7 rings (SSSR count). The second-order valence-corrected chi connectivity index (χ2v) is 11.1. The molecular formula is C29H29N7O5. The number of carboxylic acid groups (broad SMARTS) is 1. The van der Waals surface area contributed by atoms with Crippen molar-refractivity contribution in [2.45, 2.75) is 56.0 Å². The van der Waals surface area contributed by atoms with Crippen molar-refractivity contribution in [3.63, 3.8) is 0 Å². The predicted octanol–water partition coefficient (Wildman–Crippen LogP) is 3.26. The van der Waals surface area contributed by atoms with Gasteiger partial charge in [0.05, 0.1) is 47.9 Å². The van der Waals surface area contributed by atoms with Crippen molar-refractivity contribution < 1.29 is 19.4 Å².